The Bertz CT molecular complexity index is 720. The second kappa shape index (κ2) is 5.01. The van der Waals surface area contributed by atoms with Crippen molar-refractivity contribution in [2.24, 2.45) is 5.41 Å². The van der Waals surface area contributed by atoms with E-state index in [4.69, 9.17) is 11.6 Å². The number of aromatic nitrogens is 1. The molecule has 1 heterocycles. The summed E-state index contributed by atoms with van der Waals surface area (Å²) in [6.07, 6.45) is -1.75. The van der Waals surface area contributed by atoms with Gasteiger partial charge in [-0.3, -0.25) is 4.79 Å². The van der Waals surface area contributed by atoms with E-state index in [9.17, 15) is 26.4 Å². The van der Waals surface area contributed by atoms with E-state index in [2.05, 4.69) is 0 Å². The van der Waals surface area contributed by atoms with Gasteiger partial charge in [0.2, 0.25) is 0 Å². The first-order valence-corrected chi connectivity index (χ1v) is 8.51. The Balaban J connectivity index is 2.37. The summed E-state index contributed by atoms with van der Waals surface area (Å²) in [5.41, 5.74) is -2.43. The van der Waals surface area contributed by atoms with E-state index in [-0.39, 0.29) is 12.3 Å². The Labute approximate surface area is 124 Å². The molecule has 0 aliphatic heterocycles. The molecule has 1 saturated carbocycles. The molecule has 1 aliphatic carbocycles. The highest BCUT2D eigenvalue weighted by Crippen LogP contribution is 2.48. The summed E-state index contributed by atoms with van der Waals surface area (Å²) < 4.78 is 61.8. The van der Waals surface area contributed by atoms with Crippen LogP contribution in [-0.4, -0.2) is 25.0 Å². The van der Waals surface area contributed by atoms with Crippen LogP contribution in [-0.2, 0) is 22.6 Å². The van der Waals surface area contributed by atoms with Crippen LogP contribution in [0.5, 0.6) is 0 Å². The molecule has 0 aromatic carbocycles. The maximum Gasteiger partial charge on any atom is 0.417 e. The summed E-state index contributed by atoms with van der Waals surface area (Å²) >= 11 is 5.56. The summed E-state index contributed by atoms with van der Waals surface area (Å²) in [5, 5.41) is -0.528. The topological polar surface area (TPSA) is 56.1 Å². The zero-order valence-electron chi connectivity index (χ0n) is 11.1. The molecule has 2 rings (SSSR count). The van der Waals surface area contributed by atoms with Gasteiger partial charge in [-0.25, -0.2) is 8.42 Å². The number of nitrogens with zero attached hydrogens (tertiary/aromatic N) is 1. The Morgan fingerprint density at radius 2 is 1.95 bits per heavy atom. The zero-order valence-corrected chi connectivity index (χ0v) is 12.6. The van der Waals surface area contributed by atoms with Gasteiger partial charge in [0, 0.05) is 24.4 Å². The van der Waals surface area contributed by atoms with Crippen molar-refractivity contribution >= 4 is 21.4 Å². The SMILES string of the molecule is CS(=O)(=O)CC1(Cn2cc(C(F)(F)F)cc(Cl)c2=O)CC1. The van der Waals surface area contributed by atoms with Gasteiger partial charge in [0.05, 0.1) is 11.3 Å². The number of halogens is 4. The van der Waals surface area contributed by atoms with Crippen LogP contribution in [0.25, 0.3) is 0 Å². The van der Waals surface area contributed by atoms with Crippen molar-refractivity contribution in [3.8, 4) is 0 Å². The Kier molecular flexibility index (Phi) is 3.90. The average Bonchev–Trinajstić information content (AvgIpc) is 3.00. The molecule has 1 aromatic rings. The van der Waals surface area contributed by atoms with E-state index in [0.29, 0.717) is 25.1 Å². The van der Waals surface area contributed by atoms with Crippen LogP contribution in [0.2, 0.25) is 5.02 Å². The van der Waals surface area contributed by atoms with E-state index in [1.807, 2.05) is 0 Å². The molecule has 1 aromatic heterocycles. The lowest BCUT2D eigenvalue weighted by Crippen LogP contribution is -2.29. The molecule has 4 nitrogen and oxygen atoms in total. The quantitative estimate of drug-likeness (QED) is 0.843. The predicted octanol–water partition coefficient (Wildman–Crippen LogP) is 2.35. The fourth-order valence-corrected chi connectivity index (χ4v) is 4.03. The van der Waals surface area contributed by atoms with Gasteiger partial charge in [0.25, 0.3) is 5.56 Å². The molecule has 0 amide bonds. The molecule has 0 unspecified atom stereocenters. The maximum atomic E-state index is 12.7. The van der Waals surface area contributed by atoms with E-state index in [0.717, 1.165) is 10.8 Å². The molecule has 0 bridgehead atoms. The highest BCUT2D eigenvalue weighted by atomic mass is 35.5. The van der Waals surface area contributed by atoms with Crippen LogP contribution in [0.4, 0.5) is 13.2 Å². The molecule has 0 radical (unpaired) electrons. The van der Waals surface area contributed by atoms with E-state index in [1.165, 1.54) is 0 Å². The molecule has 118 valence electrons. The smallest absolute Gasteiger partial charge is 0.313 e. The first-order chi connectivity index (χ1) is 9.42. The minimum Gasteiger partial charge on any atom is -0.313 e. The molecule has 9 heteroatoms. The van der Waals surface area contributed by atoms with Crippen molar-refractivity contribution in [3.05, 3.63) is 33.2 Å². The van der Waals surface area contributed by atoms with Crippen LogP contribution >= 0.6 is 11.6 Å². The average molecular weight is 344 g/mol. The summed E-state index contributed by atoms with van der Waals surface area (Å²) in [6, 6.07) is 0.580. The van der Waals surface area contributed by atoms with Crippen molar-refractivity contribution in [2.45, 2.75) is 25.6 Å². The zero-order chi connectivity index (χ0) is 16.1. The van der Waals surface area contributed by atoms with Gasteiger partial charge in [-0.1, -0.05) is 11.6 Å². The van der Waals surface area contributed by atoms with Gasteiger partial charge in [-0.2, -0.15) is 13.2 Å². The van der Waals surface area contributed by atoms with Gasteiger partial charge in [-0.05, 0) is 18.9 Å². The number of alkyl halides is 3. The summed E-state index contributed by atoms with van der Waals surface area (Å²) in [4.78, 5) is 11.8. The third kappa shape index (κ3) is 4.00. The van der Waals surface area contributed by atoms with Crippen LogP contribution in [0.15, 0.2) is 17.1 Å². The van der Waals surface area contributed by atoms with Crippen molar-refractivity contribution < 1.29 is 21.6 Å². The first kappa shape index (κ1) is 16.4. The van der Waals surface area contributed by atoms with Crippen LogP contribution in [0, 0.1) is 5.41 Å². The van der Waals surface area contributed by atoms with Gasteiger partial charge in [0.15, 0.2) is 0 Å². The molecule has 0 N–H and O–H groups in total. The lowest BCUT2D eigenvalue weighted by atomic mass is 10.1. The van der Waals surface area contributed by atoms with Gasteiger partial charge in [-0.15, -0.1) is 0 Å². The number of hydrogen-bond donors (Lipinski definition) is 0. The van der Waals surface area contributed by atoms with Crippen molar-refractivity contribution in [1.29, 1.82) is 0 Å². The molecule has 0 saturated heterocycles. The van der Waals surface area contributed by atoms with Gasteiger partial charge >= 0.3 is 6.18 Å². The third-order valence-corrected chi connectivity index (χ3v) is 4.81. The largest absolute Gasteiger partial charge is 0.417 e. The molecule has 0 spiro atoms. The Morgan fingerprint density at radius 3 is 2.38 bits per heavy atom. The highest BCUT2D eigenvalue weighted by Gasteiger charge is 2.46. The Morgan fingerprint density at radius 1 is 1.38 bits per heavy atom. The third-order valence-electron chi connectivity index (χ3n) is 3.40. The first-order valence-electron chi connectivity index (χ1n) is 6.07. The summed E-state index contributed by atoms with van der Waals surface area (Å²) in [6.45, 7) is -0.0808. The standard InChI is InChI=1S/C12H13ClF3NO3S/c1-21(19,20)7-11(2-3-11)6-17-5-8(12(14,15)16)4-9(13)10(17)18/h4-5H,2-3,6-7H2,1H3. The molecule has 1 aliphatic rings. The normalized spacial score (nSPS) is 17.8. The monoisotopic (exact) mass is 343 g/mol. The highest BCUT2D eigenvalue weighted by molar-refractivity contribution is 7.90. The predicted molar refractivity (Wildman–Crippen MR) is 72.1 cm³/mol. The molecule has 1 fully saturated rings. The van der Waals surface area contributed by atoms with E-state index in [1.54, 1.807) is 0 Å². The second-order valence-electron chi connectivity index (χ2n) is 5.58. The fourth-order valence-electron chi connectivity index (χ4n) is 2.31. The van der Waals surface area contributed by atoms with E-state index < -0.39 is 37.6 Å². The van der Waals surface area contributed by atoms with Crippen LogP contribution in [0.3, 0.4) is 0 Å². The lowest BCUT2D eigenvalue weighted by Gasteiger charge is -2.17. The Hall–Kier alpha value is -1.02. The van der Waals surface area contributed by atoms with E-state index >= 15 is 0 Å². The van der Waals surface area contributed by atoms with Crippen molar-refractivity contribution in [3.63, 3.8) is 0 Å². The summed E-state index contributed by atoms with van der Waals surface area (Å²) in [7, 11) is -3.27. The molecule has 21 heavy (non-hydrogen) atoms. The van der Waals surface area contributed by atoms with Crippen LogP contribution in [0.1, 0.15) is 18.4 Å². The molecular formula is C12H13ClF3NO3S. The van der Waals surface area contributed by atoms with Gasteiger partial charge < -0.3 is 4.57 Å². The number of pyridine rings is 1. The number of hydrogen-bond acceptors (Lipinski definition) is 3. The minimum atomic E-state index is -4.62. The fraction of sp³-hybridized carbons (Fsp3) is 0.583. The second-order valence-corrected chi connectivity index (χ2v) is 8.12. The number of rotatable bonds is 4. The summed E-state index contributed by atoms with van der Waals surface area (Å²) in [5.74, 6) is -0.152. The molecule has 0 atom stereocenters. The van der Waals surface area contributed by atoms with Crippen molar-refractivity contribution in [1.82, 2.24) is 4.57 Å². The minimum absolute atomic E-state index is 0.0808. The number of sulfone groups is 1. The lowest BCUT2D eigenvalue weighted by molar-refractivity contribution is -0.138. The maximum absolute atomic E-state index is 12.7. The molecular weight excluding hydrogens is 331 g/mol. The van der Waals surface area contributed by atoms with Crippen LogP contribution < -0.4 is 5.56 Å². The van der Waals surface area contributed by atoms with Crippen molar-refractivity contribution in [2.75, 3.05) is 12.0 Å². The van der Waals surface area contributed by atoms with Gasteiger partial charge in [0.1, 0.15) is 14.9 Å².